The van der Waals surface area contributed by atoms with Crippen LogP contribution in [0, 0.1) is 11.8 Å². The molecule has 4 amide bonds. The van der Waals surface area contributed by atoms with Crippen LogP contribution in [0.25, 0.3) is 0 Å². The Morgan fingerprint density at radius 1 is 1.00 bits per heavy atom. The van der Waals surface area contributed by atoms with Crippen LogP contribution in [0.2, 0.25) is 0 Å². The standard InChI is InChI=1S/C31H40N6O6/c1-19(2)10-11-27(38)37-13-12-32-28(39)23(15-21-8-6-5-7-9-21)33-30(41)26-18-42-31(35-26)25(14-20(3)4)34-29(40)24-16-22(17-37)43-36-24/h5-9,16,18-20,23,25H,10-15,17H2,1-4H3,(H,32,39)(H,33,41)(H,34,40)/t23-,25+/m0/s1. The van der Waals surface area contributed by atoms with Crippen molar-refractivity contribution in [1.82, 2.24) is 31.0 Å². The van der Waals surface area contributed by atoms with Gasteiger partial charge >= 0.3 is 0 Å². The second-order valence-electron chi connectivity index (χ2n) is 11.7. The van der Waals surface area contributed by atoms with E-state index < -0.39 is 29.8 Å². The molecule has 12 heteroatoms. The van der Waals surface area contributed by atoms with Crippen molar-refractivity contribution in [2.45, 2.75) is 72.0 Å². The van der Waals surface area contributed by atoms with Crippen molar-refractivity contribution in [3.63, 3.8) is 0 Å². The SMILES string of the molecule is CC(C)CCC(=O)N1CCNC(=O)[C@H](Cc2ccccc2)NC(=O)c2coc(n2)[C@@H](CC(C)C)NC(=O)c2cc(on2)C1. The van der Waals surface area contributed by atoms with E-state index in [4.69, 9.17) is 8.94 Å². The first kappa shape index (κ1) is 31.5. The number of nitrogens with one attached hydrogen (secondary N) is 3. The Morgan fingerprint density at radius 3 is 2.44 bits per heavy atom. The number of hydrogen-bond donors (Lipinski definition) is 3. The van der Waals surface area contributed by atoms with Gasteiger partial charge in [-0.15, -0.1) is 0 Å². The number of hydrogen-bond acceptors (Lipinski definition) is 8. The normalized spacial score (nSPS) is 18.6. The number of carbonyl (C=O) groups excluding carboxylic acids is 4. The Bertz CT molecular complexity index is 1400. The topological polar surface area (TPSA) is 160 Å². The van der Waals surface area contributed by atoms with E-state index in [1.807, 2.05) is 58.0 Å². The van der Waals surface area contributed by atoms with Gasteiger partial charge in [-0.2, -0.15) is 0 Å². The molecule has 4 bridgehead atoms. The monoisotopic (exact) mass is 592 g/mol. The highest BCUT2D eigenvalue weighted by Crippen LogP contribution is 2.22. The molecule has 1 aromatic carbocycles. The van der Waals surface area contributed by atoms with Crippen LogP contribution in [0.4, 0.5) is 0 Å². The van der Waals surface area contributed by atoms with Gasteiger partial charge in [-0.05, 0) is 30.2 Å². The molecular weight excluding hydrogens is 552 g/mol. The average Bonchev–Trinajstić information content (AvgIpc) is 3.65. The van der Waals surface area contributed by atoms with Crippen LogP contribution in [-0.2, 0) is 22.6 Å². The molecule has 1 aliphatic rings. The van der Waals surface area contributed by atoms with Gasteiger partial charge in [0.2, 0.25) is 17.7 Å². The van der Waals surface area contributed by atoms with E-state index in [2.05, 4.69) is 26.1 Å². The Balaban J connectivity index is 1.64. The van der Waals surface area contributed by atoms with Crippen LogP contribution >= 0.6 is 0 Å². The third-order valence-corrected chi connectivity index (χ3v) is 7.08. The molecule has 0 aliphatic carbocycles. The number of carbonyl (C=O) groups is 4. The van der Waals surface area contributed by atoms with Gasteiger partial charge < -0.3 is 29.8 Å². The van der Waals surface area contributed by atoms with Crippen molar-refractivity contribution in [2.24, 2.45) is 11.8 Å². The highest BCUT2D eigenvalue weighted by atomic mass is 16.5. The van der Waals surface area contributed by atoms with Gasteiger partial charge in [0.05, 0.1) is 6.54 Å². The molecule has 3 aromatic rings. The summed E-state index contributed by atoms with van der Waals surface area (Å²) in [6.07, 6.45) is 2.97. The van der Waals surface area contributed by atoms with Gasteiger partial charge in [-0.3, -0.25) is 19.2 Å². The Morgan fingerprint density at radius 2 is 1.72 bits per heavy atom. The molecule has 230 valence electrons. The van der Waals surface area contributed by atoms with Crippen molar-refractivity contribution in [3.8, 4) is 0 Å². The Hall–Kier alpha value is -4.48. The highest BCUT2D eigenvalue weighted by molar-refractivity contribution is 5.96. The van der Waals surface area contributed by atoms with E-state index >= 15 is 0 Å². The van der Waals surface area contributed by atoms with Crippen LogP contribution in [0.5, 0.6) is 0 Å². The first-order chi connectivity index (χ1) is 20.6. The van der Waals surface area contributed by atoms with E-state index in [1.165, 1.54) is 12.3 Å². The lowest BCUT2D eigenvalue weighted by Crippen LogP contribution is -2.49. The molecule has 2 atom stereocenters. The molecule has 12 nitrogen and oxygen atoms in total. The van der Waals surface area contributed by atoms with Crippen LogP contribution in [0.15, 0.2) is 51.6 Å². The molecule has 0 saturated carbocycles. The maximum Gasteiger partial charge on any atom is 0.274 e. The molecule has 0 spiro atoms. The zero-order chi connectivity index (χ0) is 30.9. The predicted octanol–water partition coefficient (Wildman–Crippen LogP) is 3.42. The van der Waals surface area contributed by atoms with Gasteiger partial charge in [0.15, 0.2) is 17.1 Å². The third kappa shape index (κ3) is 9.00. The predicted molar refractivity (Wildman–Crippen MR) is 157 cm³/mol. The van der Waals surface area contributed by atoms with Crippen molar-refractivity contribution < 1.29 is 28.1 Å². The molecule has 0 unspecified atom stereocenters. The summed E-state index contributed by atoms with van der Waals surface area (Å²) in [6, 6.07) is 9.27. The first-order valence-corrected chi connectivity index (χ1v) is 14.7. The second kappa shape index (κ2) is 14.6. The second-order valence-corrected chi connectivity index (χ2v) is 11.7. The highest BCUT2D eigenvalue weighted by Gasteiger charge is 2.28. The Kier molecular flexibility index (Phi) is 10.7. The zero-order valence-electron chi connectivity index (χ0n) is 25.1. The van der Waals surface area contributed by atoms with E-state index in [-0.39, 0.29) is 55.2 Å². The minimum Gasteiger partial charge on any atom is -0.446 e. The largest absolute Gasteiger partial charge is 0.446 e. The van der Waals surface area contributed by atoms with Crippen molar-refractivity contribution in [3.05, 3.63) is 71.3 Å². The number of benzene rings is 1. The third-order valence-electron chi connectivity index (χ3n) is 7.08. The van der Waals surface area contributed by atoms with Gasteiger partial charge in [-0.25, -0.2) is 4.98 Å². The number of nitrogens with zero attached hydrogens (tertiary/aromatic N) is 3. The molecule has 2 aromatic heterocycles. The maximum absolute atomic E-state index is 13.4. The van der Waals surface area contributed by atoms with E-state index in [0.29, 0.717) is 30.9 Å². The van der Waals surface area contributed by atoms with Crippen LogP contribution in [0.1, 0.15) is 91.2 Å². The minimum atomic E-state index is -0.915. The maximum atomic E-state index is 13.4. The zero-order valence-corrected chi connectivity index (χ0v) is 25.1. The number of amides is 4. The van der Waals surface area contributed by atoms with Gasteiger partial charge in [0.25, 0.3) is 11.8 Å². The van der Waals surface area contributed by atoms with E-state index in [9.17, 15) is 19.2 Å². The number of oxazole rings is 1. The van der Waals surface area contributed by atoms with Crippen LogP contribution < -0.4 is 16.0 Å². The Labute approximate surface area is 251 Å². The fourth-order valence-electron chi connectivity index (χ4n) is 4.75. The quantitative estimate of drug-likeness (QED) is 0.376. The summed E-state index contributed by atoms with van der Waals surface area (Å²) in [5.74, 6) is -0.610. The fraction of sp³-hybridized carbons (Fsp3) is 0.484. The number of rotatable bonds is 7. The van der Waals surface area contributed by atoms with Crippen molar-refractivity contribution in [2.75, 3.05) is 13.1 Å². The fourth-order valence-corrected chi connectivity index (χ4v) is 4.75. The van der Waals surface area contributed by atoms with Crippen molar-refractivity contribution >= 4 is 23.6 Å². The lowest BCUT2D eigenvalue weighted by molar-refractivity contribution is -0.133. The first-order valence-electron chi connectivity index (χ1n) is 14.7. The molecule has 43 heavy (non-hydrogen) atoms. The average molecular weight is 593 g/mol. The summed E-state index contributed by atoms with van der Waals surface area (Å²) in [5.41, 5.74) is 0.883. The lowest BCUT2D eigenvalue weighted by Gasteiger charge is -2.23. The smallest absolute Gasteiger partial charge is 0.274 e. The summed E-state index contributed by atoms with van der Waals surface area (Å²) in [4.78, 5) is 58.8. The number of fused-ring (bicyclic) bond motifs is 4. The molecule has 4 rings (SSSR count). The summed E-state index contributed by atoms with van der Waals surface area (Å²) in [6.45, 7) is 8.47. The van der Waals surface area contributed by atoms with Gasteiger partial charge in [0, 0.05) is 32.0 Å². The molecule has 0 fully saturated rings. The molecule has 0 radical (unpaired) electrons. The van der Waals surface area contributed by atoms with Crippen molar-refractivity contribution in [1.29, 1.82) is 0 Å². The lowest BCUT2D eigenvalue weighted by atomic mass is 10.0. The number of aromatic nitrogens is 2. The van der Waals surface area contributed by atoms with Gasteiger partial charge in [0.1, 0.15) is 18.3 Å². The summed E-state index contributed by atoms with van der Waals surface area (Å²) in [5, 5.41) is 12.4. The molecule has 3 heterocycles. The summed E-state index contributed by atoms with van der Waals surface area (Å²) in [7, 11) is 0. The minimum absolute atomic E-state index is 0.0179. The molecule has 1 aliphatic heterocycles. The van der Waals surface area contributed by atoms with Crippen LogP contribution in [0.3, 0.4) is 0 Å². The molecule has 3 N–H and O–H groups in total. The molecule has 0 saturated heterocycles. The summed E-state index contributed by atoms with van der Waals surface area (Å²) < 4.78 is 11.1. The van der Waals surface area contributed by atoms with Crippen LogP contribution in [-0.4, -0.2) is 57.8 Å². The van der Waals surface area contributed by atoms with E-state index in [0.717, 1.165) is 5.56 Å². The summed E-state index contributed by atoms with van der Waals surface area (Å²) >= 11 is 0. The van der Waals surface area contributed by atoms with E-state index in [1.54, 1.807) is 4.90 Å². The molecular formula is C31H40N6O6. The van der Waals surface area contributed by atoms with Gasteiger partial charge in [-0.1, -0.05) is 63.2 Å².